The smallest absolute Gasteiger partial charge is 0.263 e. The molecule has 0 spiro atoms. The van der Waals surface area contributed by atoms with Gasteiger partial charge in [0.2, 0.25) is 5.91 Å². The Bertz CT molecular complexity index is 1450. The van der Waals surface area contributed by atoms with Crippen LogP contribution in [0.5, 0.6) is 0 Å². The van der Waals surface area contributed by atoms with Crippen LogP contribution in [0.25, 0.3) is 32.0 Å². The van der Waals surface area contributed by atoms with Crippen molar-refractivity contribution in [2.45, 2.75) is 13.1 Å². The minimum absolute atomic E-state index is 0.146. The second kappa shape index (κ2) is 8.52. The number of benzene rings is 1. The summed E-state index contributed by atoms with van der Waals surface area (Å²) >= 11 is 2.96. The minimum atomic E-state index is -0.333. The van der Waals surface area contributed by atoms with Crippen molar-refractivity contribution >= 4 is 38.8 Å². The fourth-order valence-electron chi connectivity index (χ4n) is 3.33. The summed E-state index contributed by atoms with van der Waals surface area (Å²) in [6.07, 6.45) is 1.40. The van der Waals surface area contributed by atoms with E-state index in [2.05, 4.69) is 10.3 Å². The van der Waals surface area contributed by atoms with E-state index in [9.17, 15) is 14.0 Å². The van der Waals surface area contributed by atoms with Crippen molar-refractivity contribution in [2.24, 2.45) is 0 Å². The molecular weight excluding hydrogens is 449 g/mol. The summed E-state index contributed by atoms with van der Waals surface area (Å²) in [7, 11) is 0. The Balaban J connectivity index is 1.29. The van der Waals surface area contributed by atoms with Crippen LogP contribution >= 0.6 is 22.7 Å². The summed E-state index contributed by atoms with van der Waals surface area (Å²) < 4.78 is 20.1. The Morgan fingerprint density at radius 2 is 1.97 bits per heavy atom. The molecule has 5 aromatic rings. The molecule has 160 valence electrons. The highest BCUT2D eigenvalue weighted by Crippen LogP contribution is 2.33. The molecule has 0 bridgehead atoms. The van der Waals surface area contributed by atoms with Crippen molar-refractivity contribution in [1.29, 1.82) is 0 Å². The predicted octanol–water partition coefficient (Wildman–Crippen LogP) is 4.90. The Morgan fingerprint density at radius 3 is 2.75 bits per heavy atom. The first kappa shape index (κ1) is 20.3. The molecule has 0 aliphatic rings. The zero-order chi connectivity index (χ0) is 22.1. The number of nitrogens with zero attached hydrogens (tertiary/aromatic N) is 2. The molecule has 0 fully saturated rings. The fraction of sp³-hybridized carbons (Fsp3) is 0.0870. The summed E-state index contributed by atoms with van der Waals surface area (Å²) in [6.45, 7) is 0.0242. The first-order valence-corrected chi connectivity index (χ1v) is 11.5. The third kappa shape index (κ3) is 4.00. The number of nitrogens with one attached hydrogen (secondary N) is 1. The van der Waals surface area contributed by atoms with Crippen LogP contribution in [0.1, 0.15) is 5.76 Å². The molecule has 0 aliphatic carbocycles. The summed E-state index contributed by atoms with van der Waals surface area (Å²) in [5.74, 6) is 0.483. The summed E-state index contributed by atoms with van der Waals surface area (Å²) in [5.41, 5.74) is 1.34. The molecule has 5 rings (SSSR count). The van der Waals surface area contributed by atoms with E-state index >= 15 is 0 Å². The molecule has 4 heterocycles. The highest BCUT2D eigenvalue weighted by molar-refractivity contribution is 7.18. The Morgan fingerprint density at radius 1 is 1.12 bits per heavy atom. The van der Waals surface area contributed by atoms with Crippen LogP contribution in [0, 0.1) is 5.82 Å². The summed E-state index contributed by atoms with van der Waals surface area (Å²) in [4.78, 5) is 31.5. The van der Waals surface area contributed by atoms with Gasteiger partial charge in [-0.05, 0) is 47.8 Å². The molecule has 9 heteroatoms. The van der Waals surface area contributed by atoms with E-state index in [4.69, 9.17) is 4.42 Å². The number of carbonyl (C=O) groups is 1. The monoisotopic (exact) mass is 465 g/mol. The molecule has 4 aromatic heterocycles. The van der Waals surface area contributed by atoms with Gasteiger partial charge in [0.25, 0.3) is 5.56 Å². The number of amides is 1. The van der Waals surface area contributed by atoms with Gasteiger partial charge < -0.3 is 9.73 Å². The maximum Gasteiger partial charge on any atom is 0.263 e. The number of furan rings is 1. The number of fused-ring (bicyclic) bond motifs is 1. The highest BCUT2D eigenvalue weighted by atomic mass is 32.1. The lowest BCUT2D eigenvalue weighted by Gasteiger charge is -2.07. The van der Waals surface area contributed by atoms with E-state index in [0.717, 1.165) is 16.0 Å². The van der Waals surface area contributed by atoms with E-state index in [0.29, 0.717) is 21.7 Å². The maximum atomic E-state index is 13.1. The topological polar surface area (TPSA) is 77.1 Å². The Kier molecular flexibility index (Phi) is 5.42. The van der Waals surface area contributed by atoms with Crippen molar-refractivity contribution in [3.63, 3.8) is 0 Å². The van der Waals surface area contributed by atoms with E-state index in [1.54, 1.807) is 35.6 Å². The van der Waals surface area contributed by atoms with Crippen LogP contribution in [0.15, 0.2) is 74.8 Å². The Hall–Kier alpha value is -3.56. The highest BCUT2D eigenvalue weighted by Gasteiger charge is 2.15. The van der Waals surface area contributed by atoms with Crippen molar-refractivity contribution in [3.05, 3.63) is 87.5 Å². The lowest BCUT2D eigenvalue weighted by atomic mass is 10.2. The average Bonchev–Trinajstić information content (AvgIpc) is 3.55. The number of hydrogen-bond donors (Lipinski definition) is 1. The van der Waals surface area contributed by atoms with Gasteiger partial charge in [-0.1, -0.05) is 6.07 Å². The van der Waals surface area contributed by atoms with Gasteiger partial charge in [-0.2, -0.15) is 0 Å². The van der Waals surface area contributed by atoms with Crippen molar-refractivity contribution in [3.8, 4) is 21.8 Å². The van der Waals surface area contributed by atoms with Gasteiger partial charge in [-0.25, -0.2) is 9.37 Å². The summed E-state index contributed by atoms with van der Waals surface area (Å²) in [6, 6.07) is 13.4. The van der Waals surface area contributed by atoms with Crippen molar-refractivity contribution in [1.82, 2.24) is 14.9 Å². The average molecular weight is 466 g/mol. The lowest BCUT2D eigenvalue weighted by molar-refractivity contribution is -0.122. The number of rotatable bonds is 6. The fourth-order valence-corrected chi connectivity index (χ4v) is 5.05. The van der Waals surface area contributed by atoms with Gasteiger partial charge >= 0.3 is 0 Å². The maximum absolute atomic E-state index is 13.1. The van der Waals surface area contributed by atoms with Gasteiger partial charge in [0, 0.05) is 21.4 Å². The van der Waals surface area contributed by atoms with E-state index in [-0.39, 0.29) is 30.4 Å². The van der Waals surface area contributed by atoms with E-state index < -0.39 is 0 Å². The lowest BCUT2D eigenvalue weighted by Crippen LogP contribution is -2.32. The molecule has 0 saturated heterocycles. The van der Waals surface area contributed by atoms with Crippen LogP contribution in [-0.4, -0.2) is 15.5 Å². The van der Waals surface area contributed by atoms with Crippen molar-refractivity contribution < 1.29 is 13.6 Å². The molecule has 6 nitrogen and oxygen atoms in total. The number of aromatic nitrogens is 2. The van der Waals surface area contributed by atoms with E-state index in [1.807, 2.05) is 22.9 Å². The largest absolute Gasteiger partial charge is 0.459 e. The van der Waals surface area contributed by atoms with Crippen molar-refractivity contribution in [2.75, 3.05) is 0 Å². The molecule has 1 amide bonds. The Labute approximate surface area is 189 Å². The first-order valence-electron chi connectivity index (χ1n) is 9.70. The molecule has 0 atom stereocenters. The number of hydrogen-bond acceptors (Lipinski definition) is 6. The predicted molar refractivity (Wildman–Crippen MR) is 123 cm³/mol. The quantitative estimate of drug-likeness (QED) is 0.387. The zero-order valence-corrected chi connectivity index (χ0v) is 18.2. The van der Waals surface area contributed by atoms with Gasteiger partial charge in [0.15, 0.2) is 0 Å². The number of thiophene rings is 2. The zero-order valence-electron chi connectivity index (χ0n) is 16.6. The second-order valence-corrected chi connectivity index (χ2v) is 8.84. The first-order chi connectivity index (χ1) is 15.6. The third-order valence-electron chi connectivity index (χ3n) is 4.91. The van der Waals surface area contributed by atoms with Gasteiger partial charge in [0.05, 0.1) is 18.3 Å². The standard InChI is InChI=1S/C23H16FN3O3S2/c24-15-5-3-14(4-6-15)18-8-7-16(30-18)10-25-20(28)11-27-13-26-22-21(23(27)29)17(12-32-22)19-2-1-9-31-19/h1-9,12-13H,10-11H2,(H,25,28). The molecule has 32 heavy (non-hydrogen) atoms. The van der Waals surface area contributed by atoms with Gasteiger partial charge in [-0.15, -0.1) is 22.7 Å². The summed E-state index contributed by atoms with van der Waals surface area (Å²) in [5, 5.41) is 7.16. The second-order valence-electron chi connectivity index (χ2n) is 7.03. The molecular formula is C23H16FN3O3S2. The number of halogens is 1. The SMILES string of the molecule is O=C(Cn1cnc2scc(-c3cccs3)c2c1=O)NCc1ccc(-c2ccc(F)cc2)o1. The number of carbonyl (C=O) groups excluding carboxylic acids is 1. The van der Waals surface area contributed by atoms with Crippen LogP contribution in [0.4, 0.5) is 4.39 Å². The molecule has 0 unspecified atom stereocenters. The molecule has 0 saturated carbocycles. The van der Waals surface area contributed by atoms with Crippen LogP contribution in [0.2, 0.25) is 0 Å². The normalized spacial score (nSPS) is 11.2. The third-order valence-corrected chi connectivity index (χ3v) is 6.70. The minimum Gasteiger partial charge on any atom is -0.459 e. The van der Waals surface area contributed by atoms with E-state index in [1.165, 1.54) is 34.4 Å². The molecule has 1 N–H and O–H groups in total. The van der Waals surface area contributed by atoms with Crippen LogP contribution < -0.4 is 10.9 Å². The van der Waals surface area contributed by atoms with Crippen LogP contribution in [0.3, 0.4) is 0 Å². The van der Waals surface area contributed by atoms with Gasteiger partial charge in [-0.3, -0.25) is 14.2 Å². The van der Waals surface area contributed by atoms with Gasteiger partial charge in [0.1, 0.15) is 28.7 Å². The molecule has 0 aliphatic heterocycles. The van der Waals surface area contributed by atoms with Crippen LogP contribution in [-0.2, 0) is 17.9 Å². The molecule has 0 radical (unpaired) electrons. The molecule has 1 aromatic carbocycles.